The van der Waals surface area contributed by atoms with Crippen LogP contribution in [0.2, 0.25) is 0 Å². The van der Waals surface area contributed by atoms with Crippen molar-refractivity contribution in [2.24, 2.45) is 4.99 Å². The van der Waals surface area contributed by atoms with E-state index < -0.39 is 0 Å². The van der Waals surface area contributed by atoms with E-state index >= 15 is 0 Å². The zero-order chi connectivity index (χ0) is 22.9. The van der Waals surface area contributed by atoms with E-state index in [1.54, 1.807) is 19.0 Å². The SMILES string of the molecule is CCNC(=NCc1ccc(N2CCCCC2=O)cc1)NCc1ccc(C(=O)N(C)C)cc1.I. The second-order valence-electron chi connectivity index (χ2n) is 8.11. The fraction of sp³-hybridized carbons (Fsp3) is 0.400. The Hall–Kier alpha value is -2.62. The number of aliphatic imine (C=N–C) groups is 1. The van der Waals surface area contributed by atoms with Crippen molar-refractivity contribution < 1.29 is 9.59 Å². The van der Waals surface area contributed by atoms with Gasteiger partial charge in [0.15, 0.2) is 5.96 Å². The third-order valence-electron chi connectivity index (χ3n) is 5.40. The molecule has 0 atom stereocenters. The summed E-state index contributed by atoms with van der Waals surface area (Å²) in [5.41, 5.74) is 3.79. The van der Waals surface area contributed by atoms with Crippen molar-refractivity contribution in [2.45, 2.75) is 39.3 Å². The van der Waals surface area contributed by atoms with Gasteiger partial charge in [0.2, 0.25) is 5.91 Å². The monoisotopic (exact) mass is 563 g/mol. The highest BCUT2D eigenvalue weighted by Crippen LogP contribution is 2.21. The molecule has 2 aromatic carbocycles. The molecule has 1 fully saturated rings. The maximum absolute atomic E-state index is 12.1. The van der Waals surface area contributed by atoms with Gasteiger partial charge in [-0.2, -0.15) is 0 Å². The molecule has 2 N–H and O–H groups in total. The summed E-state index contributed by atoms with van der Waals surface area (Å²) in [7, 11) is 3.50. The molecule has 2 aromatic rings. The van der Waals surface area contributed by atoms with E-state index in [1.165, 1.54) is 0 Å². The summed E-state index contributed by atoms with van der Waals surface area (Å²) in [6.45, 7) is 4.74. The minimum atomic E-state index is -0.00455. The molecule has 0 spiro atoms. The van der Waals surface area contributed by atoms with Crippen LogP contribution in [0.4, 0.5) is 5.69 Å². The van der Waals surface area contributed by atoms with Crippen molar-refractivity contribution in [3.8, 4) is 0 Å². The number of carbonyl (C=O) groups excluding carboxylic acids is 2. The number of carbonyl (C=O) groups is 2. The van der Waals surface area contributed by atoms with Crippen LogP contribution in [-0.2, 0) is 17.9 Å². The molecule has 0 aliphatic carbocycles. The lowest BCUT2D eigenvalue weighted by atomic mass is 10.1. The standard InChI is InChI=1S/C25H33N5O2.HI/c1-4-26-25(27-17-19-8-12-21(13-9-19)24(32)29(2)3)28-18-20-10-14-22(15-11-20)30-16-6-5-7-23(30)31;/h8-15H,4-7,16-18H2,1-3H3,(H2,26,27,28);1H. The highest BCUT2D eigenvalue weighted by molar-refractivity contribution is 14.0. The molecule has 0 unspecified atom stereocenters. The largest absolute Gasteiger partial charge is 0.357 e. The van der Waals surface area contributed by atoms with Crippen LogP contribution in [0.1, 0.15) is 47.7 Å². The molecular weight excluding hydrogens is 529 g/mol. The zero-order valence-corrected chi connectivity index (χ0v) is 22.0. The summed E-state index contributed by atoms with van der Waals surface area (Å²) in [5.74, 6) is 0.936. The first-order valence-electron chi connectivity index (χ1n) is 11.2. The molecule has 0 saturated carbocycles. The van der Waals surface area contributed by atoms with Crippen molar-refractivity contribution in [1.82, 2.24) is 15.5 Å². The summed E-state index contributed by atoms with van der Waals surface area (Å²) in [6, 6.07) is 15.7. The first kappa shape index (κ1) is 26.6. The van der Waals surface area contributed by atoms with Crippen LogP contribution in [0, 0.1) is 0 Å². The van der Waals surface area contributed by atoms with Gasteiger partial charge in [-0.3, -0.25) is 9.59 Å². The van der Waals surface area contributed by atoms with Gasteiger partial charge in [0, 0.05) is 51.4 Å². The molecule has 0 aromatic heterocycles. The second kappa shape index (κ2) is 13.2. The van der Waals surface area contributed by atoms with Gasteiger partial charge >= 0.3 is 0 Å². The topological polar surface area (TPSA) is 77.0 Å². The predicted molar refractivity (Wildman–Crippen MR) is 144 cm³/mol. The Bertz CT molecular complexity index is 942. The summed E-state index contributed by atoms with van der Waals surface area (Å²) in [6.07, 6.45) is 2.68. The minimum absolute atomic E-state index is 0. The smallest absolute Gasteiger partial charge is 0.253 e. The number of anilines is 1. The van der Waals surface area contributed by atoms with E-state index in [1.807, 2.05) is 60.4 Å². The molecule has 33 heavy (non-hydrogen) atoms. The highest BCUT2D eigenvalue weighted by Gasteiger charge is 2.19. The molecule has 1 saturated heterocycles. The summed E-state index contributed by atoms with van der Waals surface area (Å²) < 4.78 is 0. The Morgan fingerprint density at radius 1 is 1.00 bits per heavy atom. The van der Waals surface area contributed by atoms with E-state index in [4.69, 9.17) is 0 Å². The highest BCUT2D eigenvalue weighted by atomic mass is 127. The molecule has 0 radical (unpaired) electrons. The number of guanidine groups is 1. The predicted octanol–water partition coefficient (Wildman–Crippen LogP) is 3.78. The van der Waals surface area contributed by atoms with Gasteiger partial charge in [0.1, 0.15) is 0 Å². The Morgan fingerprint density at radius 3 is 2.27 bits per heavy atom. The first-order valence-corrected chi connectivity index (χ1v) is 11.2. The van der Waals surface area contributed by atoms with Crippen LogP contribution >= 0.6 is 24.0 Å². The number of hydrogen-bond donors (Lipinski definition) is 2. The van der Waals surface area contributed by atoms with Crippen LogP contribution in [-0.4, -0.2) is 49.9 Å². The van der Waals surface area contributed by atoms with Crippen LogP contribution in [0.3, 0.4) is 0 Å². The lowest BCUT2D eigenvalue weighted by Crippen LogP contribution is -2.36. The molecular formula is C25H34IN5O2. The van der Waals surface area contributed by atoms with E-state index in [9.17, 15) is 9.59 Å². The lowest BCUT2D eigenvalue weighted by Gasteiger charge is -2.26. The molecule has 1 aliphatic rings. The normalized spacial score (nSPS) is 13.8. The molecule has 3 rings (SSSR count). The fourth-order valence-corrected chi connectivity index (χ4v) is 3.58. The first-order chi connectivity index (χ1) is 15.5. The maximum atomic E-state index is 12.1. The van der Waals surface area contributed by atoms with Crippen LogP contribution < -0.4 is 15.5 Å². The maximum Gasteiger partial charge on any atom is 0.253 e. The van der Waals surface area contributed by atoms with Crippen LogP contribution in [0.5, 0.6) is 0 Å². The third kappa shape index (κ3) is 7.73. The molecule has 1 heterocycles. The van der Waals surface area contributed by atoms with Crippen LogP contribution in [0.15, 0.2) is 53.5 Å². The second-order valence-corrected chi connectivity index (χ2v) is 8.11. The van der Waals surface area contributed by atoms with Gasteiger partial charge in [0.05, 0.1) is 6.54 Å². The van der Waals surface area contributed by atoms with E-state index in [2.05, 4.69) is 15.6 Å². The lowest BCUT2D eigenvalue weighted by molar-refractivity contribution is -0.119. The molecule has 1 aliphatic heterocycles. The summed E-state index contributed by atoms with van der Waals surface area (Å²) in [5, 5.41) is 6.60. The molecule has 7 nitrogen and oxygen atoms in total. The Labute approximate surface area is 213 Å². The Kier molecular flexibility index (Phi) is 10.6. The van der Waals surface area contributed by atoms with E-state index in [0.29, 0.717) is 25.1 Å². The number of nitrogens with zero attached hydrogens (tertiary/aromatic N) is 3. The van der Waals surface area contributed by atoms with Crippen molar-refractivity contribution in [1.29, 1.82) is 0 Å². The van der Waals surface area contributed by atoms with Gasteiger partial charge in [0.25, 0.3) is 5.91 Å². The van der Waals surface area contributed by atoms with E-state index in [0.717, 1.165) is 48.7 Å². The van der Waals surface area contributed by atoms with Crippen LogP contribution in [0.25, 0.3) is 0 Å². The fourth-order valence-electron chi connectivity index (χ4n) is 3.58. The van der Waals surface area contributed by atoms with Gasteiger partial charge < -0.3 is 20.4 Å². The number of rotatable bonds is 7. The van der Waals surface area contributed by atoms with E-state index in [-0.39, 0.29) is 35.8 Å². The van der Waals surface area contributed by atoms with Gasteiger partial charge in [-0.05, 0) is 55.2 Å². The number of halogens is 1. The van der Waals surface area contributed by atoms with Crippen molar-refractivity contribution >= 4 is 47.4 Å². The molecule has 8 heteroatoms. The Morgan fingerprint density at radius 2 is 1.67 bits per heavy atom. The van der Waals surface area contributed by atoms with Gasteiger partial charge in [-0.25, -0.2) is 4.99 Å². The Balaban J connectivity index is 0.00000385. The van der Waals surface area contributed by atoms with Crippen molar-refractivity contribution in [3.05, 3.63) is 65.2 Å². The molecule has 178 valence electrons. The number of nitrogens with one attached hydrogen (secondary N) is 2. The third-order valence-corrected chi connectivity index (χ3v) is 5.40. The minimum Gasteiger partial charge on any atom is -0.357 e. The zero-order valence-electron chi connectivity index (χ0n) is 19.6. The number of amides is 2. The average molecular weight is 563 g/mol. The molecule has 2 amide bonds. The average Bonchev–Trinajstić information content (AvgIpc) is 2.81. The number of hydrogen-bond acceptors (Lipinski definition) is 3. The number of benzene rings is 2. The van der Waals surface area contributed by atoms with Crippen molar-refractivity contribution in [2.75, 3.05) is 32.1 Å². The molecule has 0 bridgehead atoms. The van der Waals surface area contributed by atoms with Gasteiger partial charge in [-0.1, -0.05) is 24.3 Å². The number of piperidine rings is 1. The quantitative estimate of drug-likeness (QED) is 0.306. The van der Waals surface area contributed by atoms with Gasteiger partial charge in [-0.15, -0.1) is 24.0 Å². The van der Waals surface area contributed by atoms with Crippen molar-refractivity contribution in [3.63, 3.8) is 0 Å². The summed E-state index contributed by atoms with van der Waals surface area (Å²) >= 11 is 0. The summed E-state index contributed by atoms with van der Waals surface area (Å²) in [4.78, 5) is 32.2.